The third-order valence-electron chi connectivity index (χ3n) is 11.5. The molecule has 2 saturated carbocycles. The molecule has 0 radical (unpaired) electrons. The topological polar surface area (TPSA) is 71.8 Å². The summed E-state index contributed by atoms with van der Waals surface area (Å²) in [5.74, 6) is 1.95. The molecule has 4 heterocycles. The maximum absolute atomic E-state index is 12.7. The highest BCUT2D eigenvalue weighted by Crippen LogP contribution is 2.72. The van der Waals surface area contributed by atoms with E-state index in [9.17, 15) is 5.11 Å². The molecular weight excluding hydrogens is 492 g/mol. The van der Waals surface area contributed by atoms with Crippen LogP contribution in [-0.2, 0) is 0 Å². The van der Waals surface area contributed by atoms with Crippen LogP contribution in [0.25, 0.3) is 22.8 Å². The Bertz CT molecular complexity index is 1490. The average molecular weight is 529 g/mol. The Kier molecular flexibility index (Phi) is 5.05. The number of hydrogen-bond acceptors (Lipinski definition) is 5. The normalized spacial score (nSPS) is 30.7. The first-order chi connectivity index (χ1) is 19.3. The molecule has 0 amide bonds. The van der Waals surface area contributed by atoms with Crippen molar-refractivity contribution in [2.24, 2.45) is 22.7 Å². The quantitative estimate of drug-likeness (QED) is 0.305. The van der Waals surface area contributed by atoms with Crippen LogP contribution in [0.2, 0.25) is 0 Å². The van der Waals surface area contributed by atoms with Crippen molar-refractivity contribution >= 4 is 0 Å². The lowest BCUT2D eigenvalue weighted by Gasteiger charge is -2.65. The van der Waals surface area contributed by atoms with E-state index in [1.54, 1.807) is 0 Å². The Morgan fingerprint density at radius 1 is 0.625 bits per heavy atom. The third kappa shape index (κ3) is 3.18. The Morgan fingerprint density at radius 2 is 1.07 bits per heavy atom. The second-order valence-electron chi connectivity index (χ2n) is 13.8. The van der Waals surface area contributed by atoms with Gasteiger partial charge in [-0.05, 0) is 106 Å². The SMILES string of the molecule is CC1(C)[C@@H]2C[C@H]1c1cnc(-c3ccccn3)cc1[C@H]2C(O)[C@@H]1c2cc(-c3ccccn3)ncc2[C@H]2C[C@@H]1C2(C)C. The van der Waals surface area contributed by atoms with Crippen molar-refractivity contribution in [3.05, 3.63) is 95.6 Å². The molecule has 0 saturated heterocycles. The first-order valence-corrected chi connectivity index (χ1v) is 14.8. The smallest absolute Gasteiger partial charge is 0.0889 e. The fraction of sp³-hybridized carbons (Fsp3) is 0.429. The lowest BCUT2D eigenvalue weighted by atomic mass is 9.40. The molecule has 0 aromatic carbocycles. The zero-order chi connectivity index (χ0) is 27.4. The molecule has 40 heavy (non-hydrogen) atoms. The van der Waals surface area contributed by atoms with Gasteiger partial charge in [-0.2, -0.15) is 0 Å². The summed E-state index contributed by atoms with van der Waals surface area (Å²) in [6.07, 6.45) is 9.57. The molecule has 4 aromatic heterocycles. The second-order valence-corrected chi connectivity index (χ2v) is 13.8. The van der Waals surface area contributed by atoms with Gasteiger partial charge in [-0.15, -0.1) is 0 Å². The Balaban J connectivity index is 1.27. The van der Waals surface area contributed by atoms with E-state index in [2.05, 4.69) is 62.2 Å². The number of rotatable bonds is 4. The highest BCUT2D eigenvalue weighted by Gasteiger charge is 2.63. The van der Waals surface area contributed by atoms with E-state index in [0.717, 1.165) is 35.6 Å². The van der Waals surface area contributed by atoms with Crippen molar-refractivity contribution in [3.8, 4) is 22.8 Å². The Labute approximate surface area is 236 Å². The van der Waals surface area contributed by atoms with Crippen LogP contribution in [0.1, 0.15) is 86.5 Å². The van der Waals surface area contributed by atoms with Crippen LogP contribution in [0.4, 0.5) is 0 Å². The molecule has 202 valence electrons. The molecule has 5 nitrogen and oxygen atoms in total. The molecular formula is C35H36N4O. The summed E-state index contributed by atoms with van der Waals surface area (Å²) in [5, 5.41) is 12.7. The highest BCUT2D eigenvalue weighted by atomic mass is 16.3. The number of aliphatic hydroxyl groups excluding tert-OH is 1. The van der Waals surface area contributed by atoms with Crippen molar-refractivity contribution < 1.29 is 5.11 Å². The molecule has 6 aliphatic carbocycles. The van der Waals surface area contributed by atoms with E-state index in [-0.39, 0.29) is 22.7 Å². The molecule has 6 aliphatic rings. The van der Waals surface area contributed by atoms with Crippen LogP contribution in [0.5, 0.6) is 0 Å². The van der Waals surface area contributed by atoms with Crippen molar-refractivity contribution in [1.29, 1.82) is 0 Å². The van der Waals surface area contributed by atoms with Crippen LogP contribution in [0.15, 0.2) is 73.3 Å². The van der Waals surface area contributed by atoms with Crippen molar-refractivity contribution in [2.45, 2.75) is 70.3 Å². The number of aromatic nitrogens is 4. The van der Waals surface area contributed by atoms with E-state index < -0.39 is 6.10 Å². The molecule has 1 unspecified atom stereocenters. The zero-order valence-electron chi connectivity index (χ0n) is 23.6. The van der Waals surface area contributed by atoms with E-state index in [4.69, 9.17) is 9.97 Å². The van der Waals surface area contributed by atoms with E-state index in [1.807, 2.05) is 48.8 Å². The van der Waals surface area contributed by atoms with Gasteiger partial charge in [0.25, 0.3) is 0 Å². The van der Waals surface area contributed by atoms with E-state index in [1.165, 1.54) is 22.3 Å². The Hall–Kier alpha value is -3.44. The van der Waals surface area contributed by atoms with Gasteiger partial charge in [0.1, 0.15) is 0 Å². The number of aliphatic hydroxyl groups is 1. The molecule has 0 spiro atoms. The number of nitrogens with zero attached hydrogens (tertiary/aromatic N) is 4. The minimum absolute atomic E-state index is 0.0535. The summed E-state index contributed by atoms with van der Waals surface area (Å²) in [6, 6.07) is 16.4. The molecule has 1 N–H and O–H groups in total. The summed E-state index contributed by atoms with van der Waals surface area (Å²) < 4.78 is 0. The van der Waals surface area contributed by atoms with Crippen molar-refractivity contribution in [3.63, 3.8) is 0 Å². The average Bonchev–Trinajstić information content (AvgIpc) is 2.99. The predicted molar refractivity (Wildman–Crippen MR) is 156 cm³/mol. The second kappa shape index (κ2) is 8.29. The van der Waals surface area contributed by atoms with Crippen molar-refractivity contribution in [2.75, 3.05) is 0 Å². The lowest BCUT2D eigenvalue weighted by molar-refractivity contribution is -0.0906. The van der Waals surface area contributed by atoms with Gasteiger partial charge >= 0.3 is 0 Å². The van der Waals surface area contributed by atoms with E-state index >= 15 is 0 Å². The summed E-state index contributed by atoms with van der Waals surface area (Å²) >= 11 is 0. The number of pyridine rings is 4. The minimum atomic E-state index is -0.494. The predicted octanol–water partition coefficient (Wildman–Crippen LogP) is 7.12. The lowest BCUT2D eigenvalue weighted by Crippen LogP contribution is -2.58. The van der Waals surface area contributed by atoms with Crippen LogP contribution in [-0.4, -0.2) is 31.1 Å². The fourth-order valence-corrected chi connectivity index (χ4v) is 9.13. The fourth-order valence-electron chi connectivity index (χ4n) is 9.13. The maximum Gasteiger partial charge on any atom is 0.0889 e. The van der Waals surface area contributed by atoms with Gasteiger partial charge in [0.2, 0.25) is 0 Å². The molecule has 5 heteroatoms. The minimum Gasteiger partial charge on any atom is -0.392 e. The van der Waals surface area contributed by atoms with Crippen LogP contribution in [0.3, 0.4) is 0 Å². The zero-order valence-corrected chi connectivity index (χ0v) is 23.6. The van der Waals surface area contributed by atoms with Gasteiger partial charge < -0.3 is 5.11 Å². The van der Waals surface area contributed by atoms with Gasteiger partial charge in [0.05, 0.1) is 28.9 Å². The summed E-state index contributed by atoms with van der Waals surface area (Å²) in [7, 11) is 0. The highest BCUT2D eigenvalue weighted by molar-refractivity contribution is 5.60. The number of hydrogen-bond donors (Lipinski definition) is 1. The summed E-state index contributed by atoms with van der Waals surface area (Å²) in [5.41, 5.74) is 9.04. The molecule has 7 atom stereocenters. The Morgan fingerprint density at radius 3 is 1.45 bits per heavy atom. The molecule has 4 bridgehead atoms. The molecule has 4 aromatic rings. The van der Waals surface area contributed by atoms with Gasteiger partial charge in [-0.25, -0.2) is 0 Å². The first kappa shape index (κ1) is 24.4. The monoisotopic (exact) mass is 528 g/mol. The van der Waals surface area contributed by atoms with Gasteiger partial charge in [0.15, 0.2) is 0 Å². The molecule has 2 fully saturated rings. The summed E-state index contributed by atoms with van der Waals surface area (Å²) in [6.45, 7) is 9.57. The standard InChI is InChI=1S/C35H36N4O/c1-34(2)23-15-25(34)31(19-13-29(38-17-21(19)23)27-9-5-7-11-36-27)33(40)32-20-14-30(28-10-6-8-12-37-28)39-18-22(20)24-16-26(32)35(24,3)4/h5-14,17-18,23-26,31-33,40H,15-16H2,1-4H3/t23-,24+,25+,26-,31-,32-,33?/m1/s1. The van der Waals surface area contributed by atoms with Crippen LogP contribution in [0, 0.1) is 22.7 Å². The third-order valence-corrected chi connectivity index (χ3v) is 11.5. The van der Waals surface area contributed by atoms with E-state index in [0.29, 0.717) is 23.7 Å². The van der Waals surface area contributed by atoms with Crippen LogP contribution < -0.4 is 0 Å². The van der Waals surface area contributed by atoms with Gasteiger partial charge in [-0.3, -0.25) is 19.9 Å². The van der Waals surface area contributed by atoms with Gasteiger partial charge in [-0.1, -0.05) is 39.8 Å². The molecule has 10 rings (SSSR count). The maximum atomic E-state index is 12.7. The molecule has 0 aliphatic heterocycles. The largest absolute Gasteiger partial charge is 0.392 e. The summed E-state index contributed by atoms with van der Waals surface area (Å²) in [4.78, 5) is 18.9. The van der Waals surface area contributed by atoms with Crippen LogP contribution >= 0.6 is 0 Å². The van der Waals surface area contributed by atoms with Gasteiger partial charge in [0, 0.05) is 36.6 Å². The van der Waals surface area contributed by atoms with Crippen molar-refractivity contribution in [1.82, 2.24) is 19.9 Å². The first-order valence-electron chi connectivity index (χ1n) is 14.8.